The molecule has 0 aliphatic heterocycles. The van der Waals surface area contributed by atoms with E-state index in [1.807, 2.05) is 13.8 Å². The van der Waals surface area contributed by atoms with E-state index in [-0.39, 0.29) is 17.4 Å². The van der Waals surface area contributed by atoms with Gasteiger partial charge < -0.3 is 11.1 Å². The Kier molecular flexibility index (Phi) is 4.87. The molecule has 0 aliphatic carbocycles. The molecule has 1 aromatic carbocycles. The predicted molar refractivity (Wildman–Crippen MR) is 68.5 cm³/mol. The van der Waals surface area contributed by atoms with Gasteiger partial charge in [-0.15, -0.1) is 0 Å². The molecule has 1 aromatic rings. The topological polar surface area (TPSA) is 38.0 Å². The molecule has 102 valence electrons. The first kappa shape index (κ1) is 14.7. The number of rotatable bonds is 5. The molecule has 18 heavy (non-hydrogen) atoms. The lowest BCUT2D eigenvalue weighted by Gasteiger charge is -2.21. The van der Waals surface area contributed by atoms with Crippen molar-refractivity contribution in [1.29, 1.82) is 0 Å². The van der Waals surface area contributed by atoms with Crippen LogP contribution in [-0.4, -0.2) is 6.04 Å². The molecule has 0 heterocycles. The molecule has 0 amide bonds. The Morgan fingerprint density at radius 3 is 2.44 bits per heavy atom. The standard InChI is InChI=1S/C13H19F3N2/c1-3-5-10(4-2)18-12-7-6-9(17)8-11(12)13(14,15)16/h6-8,10,18H,3-5,17H2,1-2H3. The third-order valence-electron chi connectivity index (χ3n) is 2.84. The van der Waals surface area contributed by atoms with Crippen LogP contribution in [0.25, 0.3) is 0 Å². The van der Waals surface area contributed by atoms with Crippen LogP contribution in [0, 0.1) is 0 Å². The largest absolute Gasteiger partial charge is 0.418 e. The highest BCUT2D eigenvalue weighted by atomic mass is 19.4. The summed E-state index contributed by atoms with van der Waals surface area (Å²) in [6.07, 6.45) is -1.82. The van der Waals surface area contributed by atoms with E-state index in [1.165, 1.54) is 12.1 Å². The molecule has 0 fully saturated rings. The molecule has 0 aromatic heterocycles. The normalized spacial score (nSPS) is 13.4. The van der Waals surface area contributed by atoms with Gasteiger partial charge in [-0.05, 0) is 31.0 Å². The van der Waals surface area contributed by atoms with E-state index in [2.05, 4.69) is 5.32 Å². The summed E-state index contributed by atoms with van der Waals surface area (Å²) in [6.45, 7) is 3.97. The second-order valence-electron chi connectivity index (χ2n) is 4.34. The third-order valence-corrected chi connectivity index (χ3v) is 2.84. The predicted octanol–water partition coefficient (Wildman–Crippen LogP) is 4.28. The van der Waals surface area contributed by atoms with Crippen molar-refractivity contribution in [2.45, 2.75) is 45.3 Å². The van der Waals surface area contributed by atoms with Gasteiger partial charge in [-0.3, -0.25) is 0 Å². The Bertz CT molecular complexity index is 388. The van der Waals surface area contributed by atoms with Gasteiger partial charge in [0.05, 0.1) is 5.56 Å². The second kappa shape index (κ2) is 5.98. The summed E-state index contributed by atoms with van der Waals surface area (Å²) in [7, 11) is 0. The van der Waals surface area contributed by atoms with Crippen LogP contribution in [0.2, 0.25) is 0 Å². The maximum atomic E-state index is 12.9. The lowest BCUT2D eigenvalue weighted by molar-refractivity contribution is -0.136. The van der Waals surface area contributed by atoms with E-state index in [9.17, 15) is 13.2 Å². The Morgan fingerprint density at radius 2 is 1.94 bits per heavy atom. The molecule has 0 saturated heterocycles. The van der Waals surface area contributed by atoms with Gasteiger partial charge in [0, 0.05) is 17.4 Å². The average molecular weight is 260 g/mol. The second-order valence-corrected chi connectivity index (χ2v) is 4.34. The molecule has 3 N–H and O–H groups in total. The van der Waals surface area contributed by atoms with E-state index >= 15 is 0 Å². The van der Waals surface area contributed by atoms with E-state index < -0.39 is 11.7 Å². The van der Waals surface area contributed by atoms with Crippen molar-refractivity contribution in [2.24, 2.45) is 0 Å². The molecule has 0 spiro atoms. The van der Waals surface area contributed by atoms with E-state index in [4.69, 9.17) is 5.73 Å². The summed E-state index contributed by atoms with van der Waals surface area (Å²) in [5.41, 5.74) is 4.95. The summed E-state index contributed by atoms with van der Waals surface area (Å²) >= 11 is 0. The van der Waals surface area contributed by atoms with Gasteiger partial charge in [0.15, 0.2) is 0 Å². The zero-order valence-electron chi connectivity index (χ0n) is 10.6. The smallest absolute Gasteiger partial charge is 0.399 e. The number of anilines is 2. The number of benzene rings is 1. The van der Waals surface area contributed by atoms with Crippen LogP contribution >= 0.6 is 0 Å². The highest BCUT2D eigenvalue weighted by Crippen LogP contribution is 2.36. The fraction of sp³-hybridized carbons (Fsp3) is 0.538. The monoisotopic (exact) mass is 260 g/mol. The summed E-state index contributed by atoms with van der Waals surface area (Å²) in [6, 6.07) is 3.91. The minimum Gasteiger partial charge on any atom is -0.399 e. The molecule has 0 aliphatic rings. The van der Waals surface area contributed by atoms with E-state index in [0.29, 0.717) is 0 Å². The first-order valence-electron chi connectivity index (χ1n) is 6.11. The molecule has 1 atom stereocenters. The van der Waals surface area contributed by atoms with Gasteiger partial charge in [0.25, 0.3) is 0 Å². The van der Waals surface area contributed by atoms with Crippen LogP contribution in [0.15, 0.2) is 18.2 Å². The first-order chi connectivity index (χ1) is 8.38. The van der Waals surface area contributed by atoms with E-state index in [1.54, 1.807) is 0 Å². The first-order valence-corrected chi connectivity index (χ1v) is 6.11. The average Bonchev–Trinajstić information content (AvgIpc) is 2.29. The van der Waals surface area contributed by atoms with Crippen LogP contribution in [-0.2, 0) is 6.18 Å². The molecule has 0 saturated carbocycles. The maximum Gasteiger partial charge on any atom is 0.418 e. The SMILES string of the molecule is CCCC(CC)Nc1ccc(N)cc1C(F)(F)F. The Morgan fingerprint density at radius 1 is 1.28 bits per heavy atom. The molecule has 0 bridgehead atoms. The van der Waals surface area contributed by atoms with Crippen LogP contribution in [0.4, 0.5) is 24.5 Å². The highest BCUT2D eigenvalue weighted by molar-refractivity contribution is 5.59. The fourth-order valence-corrected chi connectivity index (χ4v) is 1.87. The van der Waals surface area contributed by atoms with Crippen molar-refractivity contribution in [1.82, 2.24) is 0 Å². The lowest BCUT2D eigenvalue weighted by atomic mass is 10.1. The van der Waals surface area contributed by atoms with Crippen molar-refractivity contribution in [3.8, 4) is 0 Å². The molecular weight excluding hydrogens is 241 g/mol. The van der Waals surface area contributed by atoms with Gasteiger partial charge in [-0.2, -0.15) is 13.2 Å². The number of nitrogens with one attached hydrogen (secondary N) is 1. The van der Waals surface area contributed by atoms with E-state index in [0.717, 1.165) is 25.3 Å². The third kappa shape index (κ3) is 3.82. The number of alkyl halides is 3. The number of hydrogen-bond donors (Lipinski definition) is 2. The minimum atomic E-state index is -4.39. The van der Waals surface area contributed by atoms with Crippen molar-refractivity contribution in [2.75, 3.05) is 11.1 Å². The van der Waals surface area contributed by atoms with Gasteiger partial charge in [0.2, 0.25) is 0 Å². The summed E-state index contributed by atoms with van der Waals surface area (Å²) in [5, 5.41) is 2.96. The lowest BCUT2D eigenvalue weighted by Crippen LogP contribution is -2.21. The zero-order valence-corrected chi connectivity index (χ0v) is 10.6. The minimum absolute atomic E-state index is 0.0553. The number of nitrogen functional groups attached to an aromatic ring is 1. The molecule has 1 rings (SSSR count). The number of nitrogens with two attached hydrogens (primary N) is 1. The maximum absolute atomic E-state index is 12.9. The summed E-state index contributed by atoms with van der Waals surface area (Å²) < 4.78 is 38.6. The molecule has 2 nitrogen and oxygen atoms in total. The Hall–Kier alpha value is -1.39. The van der Waals surface area contributed by atoms with Crippen LogP contribution in [0.1, 0.15) is 38.7 Å². The number of hydrogen-bond acceptors (Lipinski definition) is 2. The summed E-state index contributed by atoms with van der Waals surface area (Å²) in [4.78, 5) is 0. The van der Waals surface area contributed by atoms with Gasteiger partial charge in [-0.1, -0.05) is 20.3 Å². The van der Waals surface area contributed by atoms with Crippen molar-refractivity contribution >= 4 is 11.4 Å². The fourth-order valence-electron chi connectivity index (χ4n) is 1.87. The molecule has 5 heteroatoms. The quantitative estimate of drug-likeness (QED) is 0.775. The van der Waals surface area contributed by atoms with Gasteiger partial charge >= 0.3 is 6.18 Å². The molecule has 1 unspecified atom stereocenters. The molecule has 0 radical (unpaired) electrons. The van der Waals surface area contributed by atoms with Crippen LogP contribution < -0.4 is 11.1 Å². The Balaban J connectivity index is 3.01. The van der Waals surface area contributed by atoms with Gasteiger partial charge in [0.1, 0.15) is 0 Å². The van der Waals surface area contributed by atoms with Crippen molar-refractivity contribution < 1.29 is 13.2 Å². The summed E-state index contributed by atoms with van der Waals surface area (Å²) in [5.74, 6) is 0. The highest BCUT2D eigenvalue weighted by Gasteiger charge is 2.34. The van der Waals surface area contributed by atoms with Crippen molar-refractivity contribution in [3.63, 3.8) is 0 Å². The zero-order chi connectivity index (χ0) is 13.8. The van der Waals surface area contributed by atoms with Crippen molar-refractivity contribution in [3.05, 3.63) is 23.8 Å². The number of halogens is 3. The van der Waals surface area contributed by atoms with Crippen LogP contribution in [0.3, 0.4) is 0 Å². The molecular formula is C13H19F3N2. The van der Waals surface area contributed by atoms with Crippen LogP contribution in [0.5, 0.6) is 0 Å². The Labute approximate surface area is 105 Å². The van der Waals surface area contributed by atoms with Gasteiger partial charge in [-0.25, -0.2) is 0 Å².